The summed E-state index contributed by atoms with van der Waals surface area (Å²) in [7, 11) is 0. The molecule has 1 aromatic carbocycles. The highest BCUT2D eigenvalue weighted by Crippen LogP contribution is 2.55. The van der Waals surface area contributed by atoms with Crippen LogP contribution in [0.2, 0.25) is 0 Å². The average molecular weight is 494 g/mol. The van der Waals surface area contributed by atoms with Gasteiger partial charge in [0.15, 0.2) is 12.4 Å². The molecule has 4 nitrogen and oxygen atoms in total. The van der Waals surface area contributed by atoms with Crippen molar-refractivity contribution in [2.75, 3.05) is 6.61 Å². The normalized spacial score (nSPS) is 31.3. The van der Waals surface area contributed by atoms with Crippen LogP contribution in [0.4, 0.5) is 0 Å². The molecule has 27 heavy (non-hydrogen) atoms. The van der Waals surface area contributed by atoms with Gasteiger partial charge in [0.2, 0.25) is 0 Å². The van der Waals surface area contributed by atoms with Crippen molar-refractivity contribution in [1.82, 2.24) is 10.3 Å². The number of hydrogen-bond acceptors (Lipinski definition) is 3. The predicted octanol–water partition coefficient (Wildman–Crippen LogP) is 5.22. The van der Waals surface area contributed by atoms with E-state index >= 15 is 0 Å². The minimum atomic E-state index is -0.0177. The van der Waals surface area contributed by atoms with Crippen LogP contribution in [-0.2, 0) is 4.79 Å². The number of carbonyl (C=O) groups is 1. The Morgan fingerprint density at radius 2 is 1.81 bits per heavy atom. The third kappa shape index (κ3) is 3.29. The highest BCUT2D eigenvalue weighted by molar-refractivity contribution is 9.11. The molecule has 4 aliphatic carbocycles. The molecule has 142 valence electrons. The monoisotopic (exact) mass is 492 g/mol. The smallest absolute Gasteiger partial charge is 0.258 e. The van der Waals surface area contributed by atoms with E-state index in [0.717, 1.165) is 56.9 Å². The fraction of sp³-hybridized carbons (Fsp3) is 0.524. The molecule has 1 N–H and O–H groups in total. The minimum absolute atomic E-state index is 0.0177. The Bertz CT molecular complexity index is 879. The van der Waals surface area contributed by atoms with E-state index < -0.39 is 0 Å². The summed E-state index contributed by atoms with van der Waals surface area (Å²) in [5.41, 5.74) is 0.772. The average Bonchev–Trinajstić information content (AvgIpc) is 2.60. The number of nitrogens with one attached hydrogen (secondary N) is 1. The van der Waals surface area contributed by atoms with Crippen LogP contribution >= 0.6 is 31.9 Å². The Morgan fingerprint density at radius 1 is 1.15 bits per heavy atom. The van der Waals surface area contributed by atoms with E-state index in [-0.39, 0.29) is 18.1 Å². The number of pyridine rings is 1. The van der Waals surface area contributed by atoms with E-state index in [1.807, 2.05) is 18.2 Å². The number of aromatic nitrogens is 1. The SMILES string of the molecule is O=C(COc1c(Br)cc(Br)c2cccnc12)NC12CC3CC(CC(C3)C1)C2. The predicted molar refractivity (Wildman–Crippen MR) is 112 cm³/mol. The third-order valence-corrected chi connectivity index (χ3v) is 7.79. The summed E-state index contributed by atoms with van der Waals surface area (Å²) in [5, 5.41) is 4.33. The molecule has 0 saturated heterocycles. The zero-order chi connectivity index (χ0) is 18.6. The molecule has 0 aliphatic heterocycles. The second kappa shape index (κ2) is 6.73. The molecule has 4 saturated carbocycles. The minimum Gasteiger partial charge on any atom is -0.480 e. The standard InChI is InChI=1S/C21H22Br2N2O2/c22-16-7-17(23)20(19-15(16)2-1-3-24-19)27-11-18(26)25-21-8-12-4-13(9-21)6-14(5-12)10-21/h1-3,7,12-14H,4-6,8-11H2,(H,25,26). The van der Waals surface area contributed by atoms with Crippen LogP contribution in [0.3, 0.4) is 0 Å². The Balaban J connectivity index is 1.31. The first-order valence-electron chi connectivity index (χ1n) is 9.68. The van der Waals surface area contributed by atoms with Crippen LogP contribution < -0.4 is 10.1 Å². The summed E-state index contributed by atoms with van der Waals surface area (Å²) in [6.07, 6.45) is 9.30. The molecular weight excluding hydrogens is 472 g/mol. The van der Waals surface area contributed by atoms with Crippen molar-refractivity contribution in [2.24, 2.45) is 17.8 Å². The van der Waals surface area contributed by atoms with Crippen LogP contribution in [0.15, 0.2) is 33.3 Å². The van der Waals surface area contributed by atoms with Crippen molar-refractivity contribution in [1.29, 1.82) is 0 Å². The molecule has 0 atom stereocenters. The maximum absolute atomic E-state index is 12.7. The zero-order valence-corrected chi connectivity index (χ0v) is 18.2. The first kappa shape index (κ1) is 17.9. The maximum atomic E-state index is 12.7. The number of nitrogens with zero attached hydrogens (tertiary/aromatic N) is 1. The van der Waals surface area contributed by atoms with Crippen molar-refractivity contribution < 1.29 is 9.53 Å². The first-order valence-corrected chi connectivity index (χ1v) is 11.3. The van der Waals surface area contributed by atoms with Gasteiger partial charge < -0.3 is 10.1 Å². The lowest BCUT2D eigenvalue weighted by atomic mass is 9.53. The second-order valence-corrected chi connectivity index (χ2v) is 10.3. The number of benzene rings is 1. The summed E-state index contributed by atoms with van der Waals surface area (Å²) in [5.74, 6) is 3.04. The number of fused-ring (bicyclic) bond motifs is 1. The van der Waals surface area contributed by atoms with Gasteiger partial charge in [0.1, 0.15) is 5.52 Å². The number of ether oxygens (including phenoxy) is 1. The third-order valence-electron chi connectivity index (χ3n) is 6.54. The van der Waals surface area contributed by atoms with Gasteiger partial charge >= 0.3 is 0 Å². The number of halogens is 2. The Hall–Kier alpha value is -1.14. The van der Waals surface area contributed by atoms with Gasteiger partial charge in [-0.3, -0.25) is 9.78 Å². The lowest BCUT2D eigenvalue weighted by Gasteiger charge is -2.56. The summed E-state index contributed by atoms with van der Waals surface area (Å²) in [6.45, 7) is 0.0215. The molecule has 2 aromatic rings. The topological polar surface area (TPSA) is 51.2 Å². The second-order valence-electron chi connectivity index (χ2n) is 8.60. The van der Waals surface area contributed by atoms with Crippen molar-refractivity contribution in [3.8, 4) is 5.75 Å². The van der Waals surface area contributed by atoms with E-state index in [2.05, 4.69) is 42.2 Å². The molecule has 0 radical (unpaired) electrons. The molecule has 1 aromatic heterocycles. The Kier molecular flexibility index (Phi) is 4.47. The van der Waals surface area contributed by atoms with Gasteiger partial charge in [0.25, 0.3) is 5.91 Å². The van der Waals surface area contributed by atoms with Crippen molar-refractivity contribution in [3.63, 3.8) is 0 Å². The Labute approximate surface area is 175 Å². The van der Waals surface area contributed by atoms with Gasteiger partial charge in [-0.2, -0.15) is 0 Å². The van der Waals surface area contributed by atoms with Gasteiger partial charge in [-0.25, -0.2) is 0 Å². The van der Waals surface area contributed by atoms with Gasteiger partial charge in [-0.1, -0.05) is 22.0 Å². The van der Waals surface area contributed by atoms with E-state index in [1.54, 1.807) is 6.20 Å². The van der Waals surface area contributed by atoms with E-state index in [4.69, 9.17) is 4.74 Å². The highest BCUT2D eigenvalue weighted by Gasteiger charge is 2.51. The van der Waals surface area contributed by atoms with Crippen LogP contribution in [-0.4, -0.2) is 23.0 Å². The van der Waals surface area contributed by atoms with Gasteiger partial charge in [0, 0.05) is 21.6 Å². The first-order chi connectivity index (χ1) is 13.0. The fourth-order valence-corrected chi connectivity index (χ4v) is 7.40. The summed E-state index contributed by atoms with van der Waals surface area (Å²) in [6, 6.07) is 5.82. The van der Waals surface area contributed by atoms with Crippen LogP contribution in [0.1, 0.15) is 38.5 Å². The Morgan fingerprint density at radius 3 is 2.48 bits per heavy atom. The fourth-order valence-electron chi connectivity index (χ4n) is 6.02. The highest BCUT2D eigenvalue weighted by atomic mass is 79.9. The van der Waals surface area contributed by atoms with Crippen LogP contribution in [0, 0.1) is 17.8 Å². The quantitative estimate of drug-likeness (QED) is 0.634. The lowest BCUT2D eigenvalue weighted by Crippen LogP contribution is -2.60. The van der Waals surface area contributed by atoms with Gasteiger partial charge in [-0.05, 0) is 84.3 Å². The number of amides is 1. The lowest BCUT2D eigenvalue weighted by molar-refractivity contribution is -0.128. The number of carbonyl (C=O) groups excluding carboxylic acids is 1. The van der Waals surface area contributed by atoms with Crippen LogP contribution in [0.5, 0.6) is 5.75 Å². The molecule has 4 aliphatic rings. The zero-order valence-electron chi connectivity index (χ0n) is 15.0. The number of rotatable bonds is 4. The van der Waals surface area contributed by atoms with Crippen molar-refractivity contribution in [3.05, 3.63) is 33.3 Å². The molecule has 6 rings (SSSR count). The largest absolute Gasteiger partial charge is 0.480 e. The molecule has 0 spiro atoms. The summed E-state index contributed by atoms with van der Waals surface area (Å²) >= 11 is 7.11. The van der Waals surface area contributed by atoms with Crippen molar-refractivity contribution >= 4 is 48.7 Å². The van der Waals surface area contributed by atoms with E-state index in [1.165, 1.54) is 19.3 Å². The molecule has 0 unspecified atom stereocenters. The van der Waals surface area contributed by atoms with Crippen molar-refractivity contribution in [2.45, 2.75) is 44.1 Å². The molecular formula is C21H22Br2N2O2. The summed E-state index contributed by atoms with van der Waals surface area (Å²) < 4.78 is 7.68. The van der Waals surface area contributed by atoms with Gasteiger partial charge in [-0.15, -0.1) is 0 Å². The molecule has 6 heteroatoms. The molecule has 1 amide bonds. The molecule has 4 fully saturated rings. The molecule has 1 heterocycles. The van der Waals surface area contributed by atoms with E-state index in [0.29, 0.717) is 5.75 Å². The van der Waals surface area contributed by atoms with E-state index in [9.17, 15) is 4.79 Å². The van der Waals surface area contributed by atoms with Gasteiger partial charge in [0.05, 0.1) is 4.47 Å². The summed E-state index contributed by atoms with van der Waals surface area (Å²) in [4.78, 5) is 17.2. The number of hydrogen-bond donors (Lipinski definition) is 1. The molecule has 4 bridgehead atoms. The van der Waals surface area contributed by atoms with Crippen LogP contribution in [0.25, 0.3) is 10.9 Å². The maximum Gasteiger partial charge on any atom is 0.258 e.